The van der Waals surface area contributed by atoms with Gasteiger partial charge in [0.05, 0.1) is 19.2 Å². The van der Waals surface area contributed by atoms with E-state index in [-0.39, 0.29) is 18.6 Å². The Hall–Kier alpha value is -1.39. The number of amides is 1. The van der Waals surface area contributed by atoms with Crippen molar-refractivity contribution in [3.8, 4) is 0 Å². The van der Waals surface area contributed by atoms with Crippen LogP contribution in [0.4, 0.5) is 0 Å². The van der Waals surface area contributed by atoms with Crippen molar-refractivity contribution < 1.29 is 9.90 Å². The lowest BCUT2D eigenvalue weighted by molar-refractivity contribution is -0.123. The second kappa shape index (κ2) is 9.19. The van der Waals surface area contributed by atoms with E-state index >= 15 is 0 Å². The SMILES string of the molecule is Cc1ccc(C(C)NC(=O)CN(CCO)C2CCCCC2)cc1C. The molecule has 0 heterocycles. The summed E-state index contributed by atoms with van der Waals surface area (Å²) in [4.78, 5) is 14.6. The third kappa shape index (κ3) is 5.32. The number of nitrogens with one attached hydrogen (secondary N) is 1. The smallest absolute Gasteiger partial charge is 0.234 e. The molecule has 134 valence electrons. The molecule has 1 saturated carbocycles. The molecule has 1 atom stereocenters. The fraction of sp³-hybridized carbons (Fsp3) is 0.650. The first kappa shape index (κ1) is 18.9. The van der Waals surface area contributed by atoms with Crippen molar-refractivity contribution in [3.05, 3.63) is 34.9 Å². The highest BCUT2D eigenvalue weighted by molar-refractivity contribution is 5.78. The Kier molecular flexibility index (Phi) is 7.25. The zero-order valence-electron chi connectivity index (χ0n) is 15.3. The molecule has 0 aromatic heterocycles. The maximum Gasteiger partial charge on any atom is 0.234 e. The number of hydrogen-bond donors (Lipinski definition) is 2. The van der Waals surface area contributed by atoms with Crippen LogP contribution in [0.25, 0.3) is 0 Å². The third-order valence-corrected chi connectivity index (χ3v) is 5.23. The monoisotopic (exact) mass is 332 g/mol. The van der Waals surface area contributed by atoms with Gasteiger partial charge >= 0.3 is 0 Å². The summed E-state index contributed by atoms with van der Waals surface area (Å²) in [6.45, 7) is 7.28. The average Bonchev–Trinajstić information content (AvgIpc) is 2.57. The molecule has 2 N–H and O–H groups in total. The Balaban J connectivity index is 1.92. The van der Waals surface area contributed by atoms with E-state index in [2.05, 4.69) is 42.3 Å². The molecular weight excluding hydrogens is 300 g/mol. The first-order chi connectivity index (χ1) is 11.5. The van der Waals surface area contributed by atoms with Crippen LogP contribution in [-0.4, -0.2) is 41.7 Å². The zero-order chi connectivity index (χ0) is 17.5. The molecule has 0 radical (unpaired) electrons. The summed E-state index contributed by atoms with van der Waals surface area (Å²) in [5.41, 5.74) is 3.65. The van der Waals surface area contributed by atoms with E-state index in [4.69, 9.17) is 0 Å². The summed E-state index contributed by atoms with van der Waals surface area (Å²) in [5.74, 6) is 0.0414. The normalized spacial score (nSPS) is 17.0. The Morgan fingerprint density at radius 2 is 1.96 bits per heavy atom. The van der Waals surface area contributed by atoms with E-state index in [1.165, 1.54) is 30.4 Å². The molecule has 4 heteroatoms. The van der Waals surface area contributed by atoms with Crippen LogP contribution < -0.4 is 5.32 Å². The number of nitrogens with zero attached hydrogens (tertiary/aromatic N) is 1. The average molecular weight is 332 g/mol. The van der Waals surface area contributed by atoms with Crippen LogP contribution in [0.5, 0.6) is 0 Å². The van der Waals surface area contributed by atoms with Gasteiger partial charge in [0.2, 0.25) is 5.91 Å². The summed E-state index contributed by atoms with van der Waals surface area (Å²) >= 11 is 0. The van der Waals surface area contributed by atoms with Crippen molar-refractivity contribution in [1.82, 2.24) is 10.2 Å². The molecule has 0 aliphatic heterocycles. The first-order valence-corrected chi connectivity index (χ1v) is 9.22. The maximum absolute atomic E-state index is 12.5. The van der Waals surface area contributed by atoms with Gasteiger partial charge in [-0.3, -0.25) is 9.69 Å². The van der Waals surface area contributed by atoms with Gasteiger partial charge in [-0.15, -0.1) is 0 Å². The van der Waals surface area contributed by atoms with Gasteiger partial charge < -0.3 is 10.4 Å². The number of rotatable bonds is 7. The van der Waals surface area contributed by atoms with E-state index in [0.29, 0.717) is 19.1 Å². The Morgan fingerprint density at radius 1 is 1.25 bits per heavy atom. The van der Waals surface area contributed by atoms with Crippen LogP contribution in [0.2, 0.25) is 0 Å². The number of aliphatic hydroxyl groups excluding tert-OH is 1. The van der Waals surface area contributed by atoms with Gasteiger partial charge in [0.15, 0.2) is 0 Å². The summed E-state index contributed by atoms with van der Waals surface area (Å²) in [6.07, 6.45) is 6.03. The lowest BCUT2D eigenvalue weighted by atomic mass is 9.94. The molecular formula is C20H32N2O2. The molecule has 0 bridgehead atoms. The molecule has 1 aliphatic rings. The van der Waals surface area contributed by atoms with Gasteiger partial charge in [-0.2, -0.15) is 0 Å². The van der Waals surface area contributed by atoms with Crippen LogP contribution >= 0.6 is 0 Å². The highest BCUT2D eigenvalue weighted by Gasteiger charge is 2.23. The lowest BCUT2D eigenvalue weighted by Gasteiger charge is -2.33. The molecule has 1 aromatic rings. The van der Waals surface area contributed by atoms with Crippen molar-refractivity contribution in [2.24, 2.45) is 0 Å². The highest BCUT2D eigenvalue weighted by atomic mass is 16.3. The van der Waals surface area contributed by atoms with E-state index in [0.717, 1.165) is 18.4 Å². The number of hydrogen-bond acceptors (Lipinski definition) is 3. The van der Waals surface area contributed by atoms with Crippen LogP contribution in [-0.2, 0) is 4.79 Å². The van der Waals surface area contributed by atoms with E-state index in [1.807, 2.05) is 6.92 Å². The second-order valence-corrected chi connectivity index (χ2v) is 7.12. The van der Waals surface area contributed by atoms with Crippen molar-refractivity contribution in [1.29, 1.82) is 0 Å². The minimum Gasteiger partial charge on any atom is -0.395 e. The minimum atomic E-state index is -0.000803. The molecule has 4 nitrogen and oxygen atoms in total. The molecule has 1 aromatic carbocycles. The molecule has 2 rings (SSSR count). The molecule has 1 aliphatic carbocycles. The van der Waals surface area contributed by atoms with E-state index in [1.54, 1.807) is 0 Å². The number of carbonyl (C=O) groups is 1. The van der Waals surface area contributed by atoms with Gasteiger partial charge in [-0.05, 0) is 50.3 Å². The molecule has 0 saturated heterocycles. The van der Waals surface area contributed by atoms with Gasteiger partial charge in [-0.1, -0.05) is 37.5 Å². The lowest BCUT2D eigenvalue weighted by Crippen LogP contribution is -2.45. The van der Waals surface area contributed by atoms with Crippen molar-refractivity contribution in [2.45, 2.75) is 65.0 Å². The molecule has 1 fully saturated rings. The molecule has 1 amide bonds. The minimum absolute atomic E-state index is 0.000803. The predicted molar refractivity (Wildman–Crippen MR) is 98.0 cm³/mol. The number of aliphatic hydroxyl groups is 1. The zero-order valence-corrected chi connectivity index (χ0v) is 15.3. The Bertz CT molecular complexity index is 538. The van der Waals surface area contributed by atoms with Crippen molar-refractivity contribution in [2.75, 3.05) is 19.7 Å². The van der Waals surface area contributed by atoms with Crippen molar-refractivity contribution in [3.63, 3.8) is 0 Å². The number of aryl methyl sites for hydroxylation is 2. The van der Waals surface area contributed by atoms with E-state index in [9.17, 15) is 9.90 Å². The van der Waals surface area contributed by atoms with Gasteiger partial charge in [0, 0.05) is 12.6 Å². The quantitative estimate of drug-likeness (QED) is 0.807. The number of benzene rings is 1. The summed E-state index contributed by atoms with van der Waals surface area (Å²) in [6, 6.07) is 6.77. The predicted octanol–water partition coefficient (Wildman–Crippen LogP) is 3.11. The molecule has 0 spiro atoms. The largest absolute Gasteiger partial charge is 0.395 e. The van der Waals surface area contributed by atoms with E-state index < -0.39 is 0 Å². The fourth-order valence-electron chi connectivity index (χ4n) is 3.55. The van der Waals surface area contributed by atoms with Gasteiger partial charge in [0.1, 0.15) is 0 Å². The highest BCUT2D eigenvalue weighted by Crippen LogP contribution is 2.22. The second-order valence-electron chi connectivity index (χ2n) is 7.12. The number of carbonyl (C=O) groups excluding carboxylic acids is 1. The first-order valence-electron chi connectivity index (χ1n) is 9.22. The fourth-order valence-corrected chi connectivity index (χ4v) is 3.55. The Morgan fingerprint density at radius 3 is 2.58 bits per heavy atom. The summed E-state index contributed by atoms with van der Waals surface area (Å²) in [7, 11) is 0. The summed E-state index contributed by atoms with van der Waals surface area (Å²) in [5, 5.41) is 12.4. The third-order valence-electron chi connectivity index (χ3n) is 5.23. The van der Waals surface area contributed by atoms with Crippen LogP contribution in [0, 0.1) is 13.8 Å². The Labute approximate surface area is 146 Å². The maximum atomic E-state index is 12.5. The van der Waals surface area contributed by atoms with Crippen molar-refractivity contribution >= 4 is 5.91 Å². The molecule has 1 unspecified atom stereocenters. The summed E-state index contributed by atoms with van der Waals surface area (Å²) < 4.78 is 0. The standard InChI is InChI=1S/C20H32N2O2/c1-15-9-10-18(13-16(15)2)17(3)21-20(24)14-22(11-12-23)19-7-5-4-6-8-19/h9-10,13,17,19,23H,4-8,11-12,14H2,1-3H3,(H,21,24). The van der Waals surface area contributed by atoms with Gasteiger partial charge in [0.25, 0.3) is 0 Å². The topological polar surface area (TPSA) is 52.6 Å². The molecule has 24 heavy (non-hydrogen) atoms. The van der Waals surface area contributed by atoms with Crippen LogP contribution in [0.1, 0.15) is 61.8 Å². The van der Waals surface area contributed by atoms with Crippen LogP contribution in [0.3, 0.4) is 0 Å². The van der Waals surface area contributed by atoms with Crippen LogP contribution in [0.15, 0.2) is 18.2 Å². The van der Waals surface area contributed by atoms with Gasteiger partial charge in [-0.25, -0.2) is 0 Å².